The molecule has 1 atom stereocenters. The summed E-state index contributed by atoms with van der Waals surface area (Å²) in [6.45, 7) is 2.31. The molecule has 0 aliphatic heterocycles. The molecule has 1 aromatic heterocycles. The SMILES string of the molecule is CCC1CCC(C(CCc2ccncc2)NN)CC1. The number of hydrogen-bond acceptors (Lipinski definition) is 3. The number of pyridine rings is 1. The molecule has 3 N–H and O–H groups in total. The van der Waals surface area contributed by atoms with E-state index in [0.29, 0.717) is 6.04 Å². The van der Waals surface area contributed by atoms with E-state index in [1.165, 1.54) is 37.7 Å². The second-order valence-corrected chi connectivity index (χ2v) is 5.86. The highest BCUT2D eigenvalue weighted by atomic mass is 15.2. The summed E-state index contributed by atoms with van der Waals surface area (Å²) in [6, 6.07) is 4.66. The Balaban J connectivity index is 1.80. The molecule has 2 rings (SSSR count). The van der Waals surface area contributed by atoms with E-state index in [0.717, 1.165) is 24.7 Å². The van der Waals surface area contributed by atoms with Crippen molar-refractivity contribution in [2.75, 3.05) is 0 Å². The van der Waals surface area contributed by atoms with Gasteiger partial charge in [0.2, 0.25) is 0 Å². The van der Waals surface area contributed by atoms with Gasteiger partial charge in [-0.15, -0.1) is 0 Å². The summed E-state index contributed by atoms with van der Waals surface area (Å²) in [7, 11) is 0. The Labute approximate surface area is 117 Å². The number of hydrazine groups is 1. The van der Waals surface area contributed by atoms with Crippen LogP contribution < -0.4 is 11.3 Å². The van der Waals surface area contributed by atoms with Crippen molar-refractivity contribution in [3.05, 3.63) is 30.1 Å². The maximum atomic E-state index is 5.77. The lowest BCUT2D eigenvalue weighted by Gasteiger charge is -2.33. The summed E-state index contributed by atoms with van der Waals surface area (Å²) in [5.41, 5.74) is 4.42. The first-order chi connectivity index (χ1) is 9.33. The molecule has 3 heteroatoms. The minimum absolute atomic E-state index is 0.464. The number of hydrogen-bond donors (Lipinski definition) is 2. The molecule has 0 spiro atoms. The molecule has 1 unspecified atom stereocenters. The van der Waals surface area contributed by atoms with Gasteiger partial charge < -0.3 is 0 Å². The third-order valence-electron chi connectivity index (χ3n) is 4.75. The Morgan fingerprint density at radius 2 is 1.95 bits per heavy atom. The molecule has 19 heavy (non-hydrogen) atoms. The van der Waals surface area contributed by atoms with Crippen LogP contribution in [0.2, 0.25) is 0 Å². The summed E-state index contributed by atoms with van der Waals surface area (Å²) < 4.78 is 0. The maximum Gasteiger partial charge on any atom is 0.0270 e. The molecule has 3 nitrogen and oxygen atoms in total. The average Bonchev–Trinajstić information content (AvgIpc) is 2.49. The summed E-state index contributed by atoms with van der Waals surface area (Å²) in [4.78, 5) is 4.06. The molecular formula is C16H27N3. The third kappa shape index (κ3) is 4.29. The van der Waals surface area contributed by atoms with Gasteiger partial charge in [-0.2, -0.15) is 0 Å². The smallest absolute Gasteiger partial charge is 0.0270 e. The fourth-order valence-electron chi connectivity index (χ4n) is 3.33. The minimum Gasteiger partial charge on any atom is -0.271 e. The molecule has 0 saturated heterocycles. The first-order valence-corrected chi connectivity index (χ1v) is 7.68. The number of nitrogens with one attached hydrogen (secondary N) is 1. The van der Waals surface area contributed by atoms with Gasteiger partial charge in [0.05, 0.1) is 0 Å². The monoisotopic (exact) mass is 261 g/mol. The van der Waals surface area contributed by atoms with Crippen LogP contribution in [0.3, 0.4) is 0 Å². The fraction of sp³-hybridized carbons (Fsp3) is 0.688. The van der Waals surface area contributed by atoms with Gasteiger partial charge in [0, 0.05) is 18.4 Å². The van der Waals surface area contributed by atoms with E-state index in [1.807, 2.05) is 12.4 Å². The number of rotatable bonds is 6. The second kappa shape index (κ2) is 7.61. The molecule has 1 heterocycles. The first-order valence-electron chi connectivity index (χ1n) is 7.68. The Bertz CT molecular complexity index is 344. The van der Waals surface area contributed by atoms with Crippen molar-refractivity contribution in [2.24, 2.45) is 17.7 Å². The average molecular weight is 261 g/mol. The number of aromatic nitrogens is 1. The molecule has 0 amide bonds. The van der Waals surface area contributed by atoms with Crippen LogP contribution in [0.1, 0.15) is 51.0 Å². The van der Waals surface area contributed by atoms with Crippen molar-refractivity contribution < 1.29 is 0 Å². The van der Waals surface area contributed by atoms with Gasteiger partial charge in [-0.1, -0.05) is 26.2 Å². The lowest BCUT2D eigenvalue weighted by Crippen LogP contribution is -2.42. The summed E-state index contributed by atoms with van der Waals surface area (Å²) in [5.74, 6) is 7.49. The molecule has 1 aliphatic rings. The van der Waals surface area contributed by atoms with Crippen LogP contribution in [0.5, 0.6) is 0 Å². The first kappa shape index (κ1) is 14.5. The topological polar surface area (TPSA) is 50.9 Å². The Morgan fingerprint density at radius 1 is 1.26 bits per heavy atom. The molecule has 1 saturated carbocycles. The zero-order valence-electron chi connectivity index (χ0n) is 12.0. The Kier molecular flexibility index (Phi) is 5.80. The highest BCUT2D eigenvalue weighted by Crippen LogP contribution is 2.33. The Hall–Kier alpha value is -0.930. The van der Waals surface area contributed by atoms with Gasteiger partial charge in [0.25, 0.3) is 0 Å². The standard InChI is InChI=1S/C16H27N3/c1-2-13-3-6-15(7-4-13)16(19-17)8-5-14-9-11-18-12-10-14/h9-13,15-16,19H,2-8,17H2,1H3. The number of nitrogens with two attached hydrogens (primary N) is 1. The van der Waals surface area contributed by atoms with E-state index in [4.69, 9.17) is 5.84 Å². The van der Waals surface area contributed by atoms with Crippen molar-refractivity contribution in [1.82, 2.24) is 10.4 Å². The van der Waals surface area contributed by atoms with Gasteiger partial charge in [0.15, 0.2) is 0 Å². The van der Waals surface area contributed by atoms with Crippen LogP contribution in [0, 0.1) is 11.8 Å². The molecular weight excluding hydrogens is 234 g/mol. The van der Waals surface area contributed by atoms with Crippen LogP contribution in [0.25, 0.3) is 0 Å². The van der Waals surface area contributed by atoms with Crippen molar-refractivity contribution in [1.29, 1.82) is 0 Å². The zero-order valence-corrected chi connectivity index (χ0v) is 12.0. The van der Waals surface area contributed by atoms with Crippen molar-refractivity contribution in [3.63, 3.8) is 0 Å². The predicted octanol–water partition coefficient (Wildman–Crippen LogP) is 3.06. The second-order valence-electron chi connectivity index (χ2n) is 5.86. The van der Waals surface area contributed by atoms with Crippen LogP contribution in [0.15, 0.2) is 24.5 Å². The lowest BCUT2D eigenvalue weighted by atomic mass is 9.76. The highest BCUT2D eigenvalue weighted by molar-refractivity contribution is 5.10. The third-order valence-corrected chi connectivity index (χ3v) is 4.75. The minimum atomic E-state index is 0.464. The van der Waals surface area contributed by atoms with E-state index in [-0.39, 0.29) is 0 Å². The van der Waals surface area contributed by atoms with E-state index in [9.17, 15) is 0 Å². The van der Waals surface area contributed by atoms with Gasteiger partial charge >= 0.3 is 0 Å². The van der Waals surface area contributed by atoms with E-state index in [1.54, 1.807) is 0 Å². The molecule has 1 aromatic rings. The van der Waals surface area contributed by atoms with Gasteiger partial charge in [0.1, 0.15) is 0 Å². The van der Waals surface area contributed by atoms with E-state index < -0.39 is 0 Å². The normalized spacial score (nSPS) is 25.2. The van der Waals surface area contributed by atoms with Gasteiger partial charge in [-0.25, -0.2) is 0 Å². The maximum absolute atomic E-state index is 5.77. The highest BCUT2D eigenvalue weighted by Gasteiger charge is 2.26. The van der Waals surface area contributed by atoms with Crippen LogP contribution in [-0.2, 0) is 6.42 Å². The lowest BCUT2D eigenvalue weighted by molar-refractivity contribution is 0.212. The quantitative estimate of drug-likeness (QED) is 0.611. The largest absolute Gasteiger partial charge is 0.271 e. The molecule has 1 fully saturated rings. The number of aryl methyl sites for hydroxylation is 1. The molecule has 0 bridgehead atoms. The molecule has 0 radical (unpaired) electrons. The molecule has 106 valence electrons. The van der Waals surface area contributed by atoms with E-state index in [2.05, 4.69) is 29.5 Å². The molecule has 1 aliphatic carbocycles. The fourth-order valence-corrected chi connectivity index (χ4v) is 3.33. The zero-order chi connectivity index (χ0) is 13.5. The van der Waals surface area contributed by atoms with Gasteiger partial charge in [-0.05, 0) is 55.2 Å². The van der Waals surface area contributed by atoms with E-state index >= 15 is 0 Å². The predicted molar refractivity (Wildman–Crippen MR) is 79.4 cm³/mol. The summed E-state index contributed by atoms with van der Waals surface area (Å²) >= 11 is 0. The number of nitrogens with zero attached hydrogens (tertiary/aromatic N) is 1. The van der Waals surface area contributed by atoms with Crippen LogP contribution in [0.4, 0.5) is 0 Å². The van der Waals surface area contributed by atoms with Crippen molar-refractivity contribution in [3.8, 4) is 0 Å². The molecule has 0 aromatic carbocycles. The summed E-state index contributed by atoms with van der Waals surface area (Å²) in [5, 5.41) is 0. The van der Waals surface area contributed by atoms with Gasteiger partial charge in [-0.3, -0.25) is 16.3 Å². The summed E-state index contributed by atoms with van der Waals surface area (Å²) in [6.07, 6.45) is 12.7. The Morgan fingerprint density at radius 3 is 2.53 bits per heavy atom. The van der Waals surface area contributed by atoms with Crippen LogP contribution in [-0.4, -0.2) is 11.0 Å². The van der Waals surface area contributed by atoms with Crippen LogP contribution >= 0.6 is 0 Å². The van der Waals surface area contributed by atoms with Crippen molar-refractivity contribution in [2.45, 2.75) is 57.9 Å². The van der Waals surface area contributed by atoms with Crippen molar-refractivity contribution >= 4 is 0 Å².